The normalized spacial score (nSPS) is 12.5. The van der Waals surface area contributed by atoms with E-state index in [2.05, 4.69) is 20.8 Å². The Bertz CT molecular complexity index is 866. The largest absolute Gasteiger partial charge is 0.440 e. The second kappa shape index (κ2) is 6.35. The van der Waals surface area contributed by atoms with Gasteiger partial charge in [0.15, 0.2) is 11.5 Å². The molecule has 3 aromatic rings. The predicted octanol–water partition coefficient (Wildman–Crippen LogP) is 3.69. The molecule has 0 saturated carbocycles. The van der Waals surface area contributed by atoms with Gasteiger partial charge in [0.05, 0.1) is 5.69 Å². The highest BCUT2D eigenvalue weighted by atomic mass is 16.5. The third kappa shape index (κ3) is 3.40. The van der Waals surface area contributed by atoms with Gasteiger partial charge in [0.25, 0.3) is 0 Å². The predicted molar refractivity (Wildman–Crippen MR) is 91.1 cm³/mol. The number of benzene rings is 1. The molecular weight excluding hydrogens is 308 g/mol. The van der Waals surface area contributed by atoms with Crippen LogP contribution < -0.4 is 10.6 Å². The summed E-state index contributed by atoms with van der Waals surface area (Å²) in [6.45, 7) is 7.62. The molecule has 126 valence electrons. The minimum absolute atomic E-state index is 0.214. The van der Waals surface area contributed by atoms with E-state index in [1.807, 2.05) is 32.0 Å². The van der Waals surface area contributed by atoms with Crippen molar-refractivity contribution in [1.82, 2.24) is 10.1 Å². The number of aromatic nitrogens is 2. The Labute approximate surface area is 139 Å². The molecule has 2 aromatic heterocycles. The lowest BCUT2D eigenvalue weighted by Gasteiger charge is -2.13. The van der Waals surface area contributed by atoms with Gasteiger partial charge in [0, 0.05) is 17.7 Å². The molecule has 0 saturated heterocycles. The summed E-state index contributed by atoms with van der Waals surface area (Å²) in [6.07, 6.45) is 0. The Hall–Kier alpha value is -2.83. The molecule has 0 fully saturated rings. The van der Waals surface area contributed by atoms with Crippen LogP contribution in [0.4, 0.5) is 11.6 Å². The lowest BCUT2D eigenvalue weighted by Crippen LogP contribution is -2.31. The average molecular weight is 328 g/mol. The number of carbonyl (C=O) groups excluding carboxylic acids is 1. The van der Waals surface area contributed by atoms with Gasteiger partial charge in [-0.25, -0.2) is 4.98 Å². The van der Waals surface area contributed by atoms with Crippen LogP contribution in [0.2, 0.25) is 0 Å². The maximum atomic E-state index is 12.2. The molecule has 1 atom stereocenters. The summed E-state index contributed by atoms with van der Waals surface area (Å²) in [5, 5.41) is 9.55. The van der Waals surface area contributed by atoms with Crippen molar-refractivity contribution in [3.8, 4) is 0 Å². The number of rotatable bonds is 5. The first-order valence-corrected chi connectivity index (χ1v) is 7.83. The van der Waals surface area contributed by atoms with E-state index in [9.17, 15) is 4.79 Å². The van der Waals surface area contributed by atoms with Gasteiger partial charge in [-0.3, -0.25) is 10.1 Å². The van der Waals surface area contributed by atoms with Gasteiger partial charge >= 0.3 is 0 Å². The van der Waals surface area contributed by atoms with E-state index in [0.29, 0.717) is 17.5 Å². The molecule has 7 nitrogen and oxygen atoms in total. The zero-order valence-electron chi connectivity index (χ0n) is 14.1. The number of aryl methyl sites for hydroxylation is 1. The van der Waals surface area contributed by atoms with E-state index in [0.717, 1.165) is 16.8 Å². The van der Waals surface area contributed by atoms with Crippen molar-refractivity contribution in [1.29, 1.82) is 0 Å². The number of hydrogen-bond acceptors (Lipinski definition) is 6. The number of oxazole rings is 1. The van der Waals surface area contributed by atoms with Crippen molar-refractivity contribution >= 4 is 28.6 Å². The molecule has 2 heterocycles. The SMILES string of the molecule is Cc1cc(NC(=O)[C@@H](C)Nc2ccc3oc(C(C)C)nc3c2)on1. The minimum atomic E-state index is -0.454. The molecule has 1 aromatic carbocycles. The zero-order valence-corrected chi connectivity index (χ0v) is 14.1. The highest BCUT2D eigenvalue weighted by Crippen LogP contribution is 2.24. The fourth-order valence-electron chi connectivity index (χ4n) is 2.25. The smallest absolute Gasteiger partial charge is 0.248 e. The van der Waals surface area contributed by atoms with Gasteiger partial charge in [0.1, 0.15) is 11.6 Å². The van der Waals surface area contributed by atoms with Crippen LogP contribution in [-0.2, 0) is 4.79 Å². The van der Waals surface area contributed by atoms with Gasteiger partial charge in [-0.05, 0) is 32.0 Å². The van der Waals surface area contributed by atoms with Crippen molar-refractivity contribution in [2.24, 2.45) is 0 Å². The molecule has 3 rings (SSSR count). The molecule has 0 spiro atoms. The van der Waals surface area contributed by atoms with Crippen molar-refractivity contribution in [2.45, 2.75) is 39.7 Å². The molecule has 7 heteroatoms. The lowest BCUT2D eigenvalue weighted by atomic mass is 10.2. The quantitative estimate of drug-likeness (QED) is 0.742. The summed E-state index contributed by atoms with van der Waals surface area (Å²) in [4.78, 5) is 16.7. The molecule has 0 aliphatic heterocycles. The van der Waals surface area contributed by atoms with Gasteiger partial charge in [0.2, 0.25) is 11.8 Å². The molecule has 0 unspecified atom stereocenters. The zero-order chi connectivity index (χ0) is 17.3. The van der Waals surface area contributed by atoms with Gasteiger partial charge in [-0.15, -0.1) is 0 Å². The Morgan fingerprint density at radius 3 is 2.67 bits per heavy atom. The van der Waals surface area contributed by atoms with Crippen molar-refractivity contribution in [3.05, 3.63) is 35.9 Å². The van der Waals surface area contributed by atoms with E-state index in [1.54, 1.807) is 19.9 Å². The summed E-state index contributed by atoms with van der Waals surface area (Å²) < 4.78 is 10.7. The van der Waals surface area contributed by atoms with Gasteiger partial charge < -0.3 is 14.3 Å². The monoisotopic (exact) mass is 328 g/mol. The fraction of sp³-hybridized carbons (Fsp3) is 0.353. The summed E-state index contributed by atoms with van der Waals surface area (Å²) in [5.74, 6) is 1.05. The summed E-state index contributed by atoms with van der Waals surface area (Å²) in [7, 11) is 0. The Balaban J connectivity index is 1.70. The van der Waals surface area contributed by atoms with Crippen LogP contribution in [-0.4, -0.2) is 22.1 Å². The highest BCUT2D eigenvalue weighted by Gasteiger charge is 2.16. The molecule has 0 aliphatic carbocycles. The topological polar surface area (TPSA) is 93.2 Å². The Kier molecular flexibility index (Phi) is 4.24. The van der Waals surface area contributed by atoms with Crippen molar-refractivity contribution in [3.63, 3.8) is 0 Å². The van der Waals surface area contributed by atoms with Crippen LogP contribution in [0.15, 0.2) is 33.2 Å². The maximum Gasteiger partial charge on any atom is 0.248 e. The molecule has 0 bridgehead atoms. The first kappa shape index (κ1) is 16.0. The van der Waals surface area contributed by atoms with Crippen LogP contribution in [0.5, 0.6) is 0 Å². The van der Waals surface area contributed by atoms with Gasteiger partial charge in [-0.2, -0.15) is 0 Å². The standard InChI is InChI=1S/C17H20N4O3/c1-9(2)17-19-13-8-12(5-6-14(13)23-17)18-11(4)16(22)20-15-7-10(3)21-24-15/h5-9,11,18H,1-4H3,(H,20,22)/t11-/m1/s1. The number of nitrogens with one attached hydrogen (secondary N) is 2. The summed E-state index contributed by atoms with van der Waals surface area (Å²) >= 11 is 0. The number of fused-ring (bicyclic) bond motifs is 1. The maximum absolute atomic E-state index is 12.2. The number of hydrogen-bond donors (Lipinski definition) is 2. The summed E-state index contributed by atoms with van der Waals surface area (Å²) in [6, 6.07) is 6.79. The molecule has 1 amide bonds. The van der Waals surface area contributed by atoms with E-state index < -0.39 is 6.04 Å². The number of amides is 1. The lowest BCUT2D eigenvalue weighted by molar-refractivity contribution is -0.116. The third-order valence-corrected chi connectivity index (χ3v) is 3.55. The third-order valence-electron chi connectivity index (χ3n) is 3.55. The molecule has 0 radical (unpaired) electrons. The second-order valence-electron chi connectivity index (χ2n) is 6.08. The van der Waals surface area contributed by atoms with E-state index in [4.69, 9.17) is 8.94 Å². The Morgan fingerprint density at radius 2 is 2.00 bits per heavy atom. The van der Waals surface area contributed by atoms with Crippen LogP contribution in [0.3, 0.4) is 0 Å². The van der Waals surface area contributed by atoms with Gasteiger partial charge in [-0.1, -0.05) is 19.0 Å². The van der Waals surface area contributed by atoms with Crippen LogP contribution in [0, 0.1) is 6.92 Å². The second-order valence-corrected chi connectivity index (χ2v) is 6.08. The minimum Gasteiger partial charge on any atom is -0.440 e. The number of carbonyl (C=O) groups is 1. The average Bonchev–Trinajstić information content (AvgIpc) is 3.12. The molecule has 2 N–H and O–H groups in total. The molecule has 0 aliphatic rings. The van der Waals surface area contributed by atoms with E-state index >= 15 is 0 Å². The Morgan fingerprint density at radius 1 is 1.21 bits per heavy atom. The first-order chi connectivity index (χ1) is 11.4. The van der Waals surface area contributed by atoms with Crippen molar-refractivity contribution < 1.29 is 13.7 Å². The van der Waals surface area contributed by atoms with Crippen LogP contribution in [0.25, 0.3) is 11.1 Å². The molecular formula is C17H20N4O3. The number of anilines is 2. The van der Waals surface area contributed by atoms with Crippen LogP contribution >= 0.6 is 0 Å². The first-order valence-electron chi connectivity index (χ1n) is 7.83. The van der Waals surface area contributed by atoms with E-state index in [-0.39, 0.29) is 11.8 Å². The number of nitrogens with zero attached hydrogens (tertiary/aromatic N) is 2. The van der Waals surface area contributed by atoms with E-state index in [1.165, 1.54) is 0 Å². The summed E-state index contributed by atoms with van der Waals surface area (Å²) in [5.41, 5.74) is 3.01. The highest BCUT2D eigenvalue weighted by molar-refractivity contribution is 5.95. The molecule has 24 heavy (non-hydrogen) atoms. The van der Waals surface area contributed by atoms with Crippen molar-refractivity contribution in [2.75, 3.05) is 10.6 Å². The fourth-order valence-corrected chi connectivity index (χ4v) is 2.25. The van der Waals surface area contributed by atoms with Crippen LogP contribution in [0.1, 0.15) is 38.3 Å².